The summed E-state index contributed by atoms with van der Waals surface area (Å²) in [7, 11) is 0. The summed E-state index contributed by atoms with van der Waals surface area (Å²) in [6.07, 6.45) is 2.95. The Balaban J connectivity index is 1.66. The van der Waals surface area contributed by atoms with Crippen molar-refractivity contribution in [3.63, 3.8) is 0 Å². The van der Waals surface area contributed by atoms with Gasteiger partial charge in [0, 0.05) is 24.2 Å². The van der Waals surface area contributed by atoms with E-state index in [9.17, 15) is 13.2 Å². The zero-order valence-corrected chi connectivity index (χ0v) is 15.5. The number of hydrogen-bond donors (Lipinski definition) is 0. The zero-order chi connectivity index (χ0) is 20.9. The molecule has 0 aliphatic carbocycles. The Morgan fingerprint density at radius 3 is 2.73 bits per heavy atom. The summed E-state index contributed by atoms with van der Waals surface area (Å²) < 4.78 is 54.5. The fourth-order valence-corrected chi connectivity index (χ4v) is 3.40. The number of hydrogen-bond acceptors (Lipinski definition) is 5. The summed E-state index contributed by atoms with van der Waals surface area (Å²) in [6.45, 7) is 1.66. The largest absolute Gasteiger partial charge is 0.464 e. The fourth-order valence-electron chi connectivity index (χ4n) is 3.40. The minimum atomic E-state index is -4.61. The van der Waals surface area contributed by atoms with Crippen LogP contribution in [0.5, 0.6) is 11.6 Å². The highest BCUT2D eigenvalue weighted by Crippen LogP contribution is 2.41. The van der Waals surface area contributed by atoms with Gasteiger partial charge in [0.05, 0.1) is 34.8 Å². The van der Waals surface area contributed by atoms with Crippen LogP contribution in [0.4, 0.5) is 13.2 Å². The molecule has 6 nitrogen and oxygen atoms in total. The van der Waals surface area contributed by atoms with Crippen LogP contribution in [0.15, 0.2) is 65.8 Å². The van der Waals surface area contributed by atoms with Crippen molar-refractivity contribution in [1.82, 2.24) is 19.4 Å². The fraction of sp³-hybridized carbons (Fsp3) is 0.0952. The van der Waals surface area contributed by atoms with E-state index < -0.39 is 11.7 Å². The Morgan fingerprint density at radius 1 is 1.03 bits per heavy atom. The van der Waals surface area contributed by atoms with Gasteiger partial charge in [0.1, 0.15) is 11.3 Å². The van der Waals surface area contributed by atoms with Crippen molar-refractivity contribution < 1.29 is 22.3 Å². The number of furan rings is 1. The van der Waals surface area contributed by atoms with Crippen molar-refractivity contribution >= 4 is 16.6 Å². The standard InChI is InChI=1S/C21H13F3N4O2/c1-12-19(28-8-7-25-18(28)11-27-12)14-3-2-13(10-16(14)21(22,23)24)30-20-15-5-9-29-17(15)4-6-26-20/h2-11H,1H3. The molecule has 9 heteroatoms. The van der Waals surface area contributed by atoms with Gasteiger partial charge < -0.3 is 9.15 Å². The molecule has 0 saturated heterocycles. The Kier molecular flexibility index (Phi) is 3.99. The van der Waals surface area contributed by atoms with Crippen LogP contribution < -0.4 is 4.74 Å². The van der Waals surface area contributed by atoms with Gasteiger partial charge in [-0.15, -0.1) is 0 Å². The van der Waals surface area contributed by atoms with E-state index in [2.05, 4.69) is 15.0 Å². The van der Waals surface area contributed by atoms with Crippen molar-refractivity contribution in [3.8, 4) is 22.9 Å². The van der Waals surface area contributed by atoms with Crippen LogP contribution in [0.25, 0.3) is 27.9 Å². The van der Waals surface area contributed by atoms with Gasteiger partial charge in [-0.05, 0) is 37.3 Å². The molecule has 0 bridgehead atoms. The lowest BCUT2D eigenvalue weighted by Gasteiger charge is -2.17. The molecule has 0 unspecified atom stereocenters. The molecule has 30 heavy (non-hydrogen) atoms. The number of aryl methyl sites for hydroxylation is 1. The first-order valence-corrected chi connectivity index (χ1v) is 8.92. The Bertz CT molecular complexity index is 1390. The van der Waals surface area contributed by atoms with Crippen LogP contribution in [0.3, 0.4) is 0 Å². The smallest absolute Gasteiger partial charge is 0.417 e. The quantitative estimate of drug-likeness (QED) is 0.384. The zero-order valence-electron chi connectivity index (χ0n) is 15.5. The molecule has 0 N–H and O–H groups in total. The summed E-state index contributed by atoms with van der Waals surface area (Å²) in [4.78, 5) is 12.4. The molecule has 0 atom stereocenters. The average Bonchev–Trinajstić information content (AvgIpc) is 3.37. The van der Waals surface area contributed by atoms with Crippen LogP contribution in [0.2, 0.25) is 0 Å². The number of halogens is 3. The predicted octanol–water partition coefficient (Wildman–Crippen LogP) is 5.66. The number of rotatable bonds is 3. The van der Waals surface area contributed by atoms with E-state index in [0.29, 0.717) is 28.0 Å². The van der Waals surface area contributed by atoms with Crippen LogP contribution in [-0.2, 0) is 6.18 Å². The van der Waals surface area contributed by atoms with Gasteiger partial charge in [-0.25, -0.2) is 9.97 Å². The maximum absolute atomic E-state index is 14.0. The highest BCUT2D eigenvalue weighted by atomic mass is 19.4. The topological polar surface area (TPSA) is 65.5 Å². The molecule has 0 amide bonds. The molecule has 0 radical (unpaired) electrons. The number of benzene rings is 1. The molecule has 0 saturated carbocycles. The summed E-state index contributed by atoms with van der Waals surface area (Å²) >= 11 is 0. The number of alkyl halides is 3. The van der Waals surface area contributed by atoms with E-state index in [1.807, 2.05) is 0 Å². The van der Waals surface area contributed by atoms with Crippen molar-refractivity contribution in [1.29, 1.82) is 0 Å². The highest BCUT2D eigenvalue weighted by molar-refractivity contribution is 5.82. The second kappa shape index (κ2) is 6.58. The number of ether oxygens (including phenoxy) is 1. The third kappa shape index (κ3) is 2.95. The second-order valence-electron chi connectivity index (χ2n) is 6.60. The van der Waals surface area contributed by atoms with E-state index in [1.165, 1.54) is 37.0 Å². The van der Waals surface area contributed by atoms with Crippen LogP contribution in [-0.4, -0.2) is 19.4 Å². The molecule has 150 valence electrons. The molecule has 0 fully saturated rings. The molecule has 5 aromatic rings. The van der Waals surface area contributed by atoms with Gasteiger partial charge in [0.2, 0.25) is 5.88 Å². The van der Waals surface area contributed by atoms with Crippen LogP contribution >= 0.6 is 0 Å². The van der Waals surface area contributed by atoms with Gasteiger partial charge in [-0.3, -0.25) is 9.38 Å². The maximum Gasteiger partial charge on any atom is 0.417 e. The van der Waals surface area contributed by atoms with Gasteiger partial charge in [-0.2, -0.15) is 13.2 Å². The lowest BCUT2D eigenvalue weighted by atomic mass is 10.0. The average molecular weight is 410 g/mol. The van der Waals surface area contributed by atoms with E-state index in [4.69, 9.17) is 9.15 Å². The lowest BCUT2D eigenvalue weighted by Crippen LogP contribution is -2.10. The van der Waals surface area contributed by atoms with E-state index in [-0.39, 0.29) is 17.2 Å². The SMILES string of the molecule is Cc1ncc2nccn2c1-c1ccc(Oc2nccc3occc23)cc1C(F)(F)F. The molecular formula is C21H13F3N4O2. The summed E-state index contributed by atoms with van der Waals surface area (Å²) in [5, 5.41) is 0.568. The van der Waals surface area contributed by atoms with E-state index in [1.54, 1.807) is 29.7 Å². The summed E-state index contributed by atoms with van der Waals surface area (Å²) in [5.74, 6) is 0.173. The first kappa shape index (κ1) is 18.2. The second-order valence-corrected chi connectivity index (χ2v) is 6.60. The number of imidazole rings is 1. The number of aromatic nitrogens is 4. The summed E-state index contributed by atoms with van der Waals surface area (Å²) in [5.41, 5.74) is 0.896. The Labute approximate surface area is 167 Å². The molecular weight excluding hydrogens is 397 g/mol. The van der Waals surface area contributed by atoms with Gasteiger partial charge in [-0.1, -0.05) is 0 Å². The van der Waals surface area contributed by atoms with Gasteiger partial charge in [0.25, 0.3) is 0 Å². The minimum Gasteiger partial charge on any atom is -0.464 e. The van der Waals surface area contributed by atoms with Crippen molar-refractivity contribution in [3.05, 3.63) is 72.6 Å². The minimum absolute atomic E-state index is 0.00990. The Hall–Kier alpha value is -3.88. The maximum atomic E-state index is 14.0. The van der Waals surface area contributed by atoms with Crippen LogP contribution in [0, 0.1) is 6.92 Å². The van der Waals surface area contributed by atoms with E-state index >= 15 is 0 Å². The third-order valence-corrected chi connectivity index (χ3v) is 4.74. The lowest BCUT2D eigenvalue weighted by molar-refractivity contribution is -0.137. The van der Waals surface area contributed by atoms with Crippen molar-refractivity contribution in [2.45, 2.75) is 13.1 Å². The molecule has 1 aromatic carbocycles. The van der Waals surface area contributed by atoms with E-state index in [0.717, 1.165) is 6.07 Å². The molecule has 0 aliphatic rings. The summed E-state index contributed by atoms with van der Waals surface area (Å²) in [6, 6.07) is 7.10. The van der Waals surface area contributed by atoms with Crippen molar-refractivity contribution in [2.75, 3.05) is 0 Å². The number of nitrogens with zero attached hydrogens (tertiary/aromatic N) is 4. The van der Waals surface area contributed by atoms with Crippen LogP contribution in [0.1, 0.15) is 11.3 Å². The normalized spacial score (nSPS) is 12.0. The number of fused-ring (bicyclic) bond motifs is 2. The molecule has 5 rings (SSSR count). The Morgan fingerprint density at radius 2 is 1.90 bits per heavy atom. The predicted molar refractivity (Wildman–Crippen MR) is 102 cm³/mol. The first-order chi connectivity index (χ1) is 14.4. The highest BCUT2D eigenvalue weighted by Gasteiger charge is 2.35. The molecule has 0 spiro atoms. The monoisotopic (exact) mass is 410 g/mol. The molecule has 4 heterocycles. The van der Waals surface area contributed by atoms with Gasteiger partial charge in [0.15, 0.2) is 5.65 Å². The van der Waals surface area contributed by atoms with Crippen molar-refractivity contribution in [2.24, 2.45) is 0 Å². The third-order valence-electron chi connectivity index (χ3n) is 4.74. The molecule has 0 aliphatic heterocycles. The number of pyridine rings is 1. The van der Waals surface area contributed by atoms with Gasteiger partial charge >= 0.3 is 6.18 Å². The first-order valence-electron chi connectivity index (χ1n) is 8.92. The molecule has 4 aromatic heterocycles.